The number of aromatic nitrogens is 2. The number of para-hydroxylation sites is 1. The summed E-state index contributed by atoms with van der Waals surface area (Å²) in [5, 5.41) is 2.96. The van der Waals surface area contributed by atoms with Gasteiger partial charge in [0.15, 0.2) is 11.6 Å². The van der Waals surface area contributed by atoms with Crippen LogP contribution in [0.2, 0.25) is 5.28 Å². The molecule has 0 fully saturated rings. The molecule has 2 rings (SSSR count). The van der Waals surface area contributed by atoms with Gasteiger partial charge >= 0.3 is 0 Å². The SMILES string of the molecule is CN(CCCNc1nc(Cl)ncc1F)c1ccccc1. The van der Waals surface area contributed by atoms with Crippen molar-refractivity contribution in [2.24, 2.45) is 0 Å². The molecule has 106 valence electrons. The first kappa shape index (κ1) is 14.5. The van der Waals surface area contributed by atoms with Crippen LogP contribution in [0, 0.1) is 5.82 Å². The number of benzene rings is 1. The Bertz CT molecular complexity index is 550. The Balaban J connectivity index is 1.78. The fraction of sp³-hybridized carbons (Fsp3) is 0.286. The molecule has 4 nitrogen and oxygen atoms in total. The zero-order valence-electron chi connectivity index (χ0n) is 11.2. The van der Waals surface area contributed by atoms with Crippen molar-refractivity contribution in [2.75, 3.05) is 30.4 Å². The quantitative estimate of drug-likeness (QED) is 0.656. The average molecular weight is 295 g/mol. The lowest BCUT2D eigenvalue weighted by Crippen LogP contribution is -2.21. The van der Waals surface area contributed by atoms with Crippen LogP contribution in [0.1, 0.15) is 6.42 Å². The van der Waals surface area contributed by atoms with Crippen LogP contribution in [0.5, 0.6) is 0 Å². The molecular weight excluding hydrogens is 279 g/mol. The Hall–Kier alpha value is -1.88. The van der Waals surface area contributed by atoms with E-state index in [1.54, 1.807) is 0 Å². The third-order valence-electron chi connectivity index (χ3n) is 2.87. The summed E-state index contributed by atoms with van der Waals surface area (Å²) >= 11 is 5.62. The molecule has 0 unspecified atom stereocenters. The van der Waals surface area contributed by atoms with Crippen molar-refractivity contribution in [2.45, 2.75) is 6.42 Å². The molecule has 0 aliphatic carbocycles. The van der Waals surface area contributed by atoms with Crippen LogP contribution in [0.25, 0.3) is 0 Å². The lowest BCUT2D eigenvalue weighted by atomic mass is 10.3. The van der Waals surface area contributed by atoms with Gasteiger partial charge in [0.05, 0.1) is 6.20 Å². The van der Waals surface area contributed by atoms with E-state index in [0.29, 0.717) is 6.54 Å². The number of nitrogens with zero attached hydrogens (tertiary/aromatic N) is 3. The summed E-state index contributed by atoms with van der Waals surface area (Å²) in [4.78, 5) is 9.51. The third kappa shape index (κ3) is 4.06. The van der Waals surface area contributed by atoms with Crippen molar-refractivity contribution in [1.82, 2.24) is 9.97 Å². The summed E-state index contributed by atoms with van der Waals surface area (Å²) in [5.41, 5.74) is 1.16. The molecule has 1 aromatic carbocycles. The van der Waals surface area contributed by atoms with Crippen molar-refractivity contribution in [3.63, 3.8) is 0 Å². The predicted octanol–water partition coefficient (Wildman–Crippen LogP) is 3.21. The van der Waals surface area contributed by atoms with Crippen molar-refractivity contribution in [1.29, 1.82) is 0 Å². The summed E-state index contributed by atoms with van der Waals surface area (Å²) in [6.07, 6.45) is 1.92. The molecule has 0 aliphatic rings. The fourth-order valence-corrected chi connectivity index (χ4v) is 1.94. The predicted molar refractivity (Wildman–Crippen MR) is 79.8 cm³/mol. The van der Waals surface area contributed by atoms with E-state index in [1.807, 2.05) is 25.2 Å². The molecule has 1 aromatic heterocycles. The molecule has 0 bridgehead atoms. The van der Waals surface area contributed by atoms with Gasteiger partial charge in [0, 0.05) is 25.8 Å². The Morgan fingerprint density at radius 3 is 2.80 bits per heavy atom. The van der Waals surface area contributed by atoms with Crippen LogP contribution in [-0.2, 0) is 0 Å². The van der Waals surface area contributed by atoms with E-state index >= 15 is 0 Å². The summed E-state index contributed by atoms with van der Waals surface area (Å²) in [7, 11) is 2.03. The number of nitrogens with one attached hydrogen (secondary N) is 1. The molecule has 20 heavy (non-hydrogen) atoms. The van der Waals surface area contributed by atoms with Gasteiger partial charge in [0.25, 0.3) is 0 Å². The molecule has 1 N–H and O–H groups in total. The minimum Gasteiger partial charge on any atom is -0.375 e. The highest BCUT2D eigenvalue weighted by molar-refractivity contribution is 6.28. The standard InChI is InChI=1S/C14H16ClFN4/c1-20(11-6-3-2-4-7-11)9-5-8-17-13-12(16)10-18-14(15)19-13/h2-4,6-7,10H,5,8-9H2,1H3,(H,17,18,19). The third-order valence-corrected chi connectivity index (χ3v) is 3.06. The number of anilines is 2. The first-order valence-electron chi connectivity index (χ1n) is 6.35. The monoisotopic (exact) mass is 294 g/mol. The summed E-state index contributed by atoms with van der Waals surface area (Å²) in [6, 6.07) is 10.1. The van der Waals surface area contributed by atoms with Gasteiger partial charge in [-0.25, -0.2) is 9.37 Å². The Morgan fingerprint density at radius 1 is 1.30 bits per heavy atom. The summed E-state index contributed by atoms with van der Waals surface area (Å²) in [5.74, 6) is -0.349. The lowest BCUT2D eigenvalue weighted by Gasteiger charge is -2.19. The highest BCUT2D eigenvalue weighted by Crippen LogP contribution is 2.13. The van der Waals surface area contributed by atoms with Crippen molar-refractivity contribution < 1.29 is 4.39 Å². The maximum absolute atomic E-state index is 13.4. The van der Waals surface area contributed by atoms with Crippen LogP contribution in [0.3, 0.4) is 0 Å². The molecule has 6 heteroatoms. The van der Waals surface area contributed by atoms with Gasteiger partial charge in [-0.15, -0.1) is 0 Å². The molecule has 0 spiro atoms. The second-order valence-electron chi connectivity index (χ2n) is 4.37. The molecule has 1 heterocycles. The smallest absolute Gasteiger partial charge is 0.224 e. The summed E-state index contributed by atoms with van der Waals surface area (Å²) < 4.78 is 13.4. The molecule has 0 saturated carbocycles. The highest BCUT2D eigenvalue weighted by atomic mass is 35.5. The molecule has 2 aromatic rings. The van der Waals surface area contributed by atoms with Gasteiger partial charge in [0.2, 0.25) is 5.28 Å². The largest absolute Gasteiger partial charge is 0.375 e. The van der Waals surface area contributed by atoms with E-state index in [1.165, 1.54) is 0 Å². The molecular formula is C14H16ClFN4. The van der Waals surface area contributed by atoms with Crippen LogP contribution >= 0.6 is 11.6 Å². The molecule has 0 amide bonds. The normalized spacial score (nSPS) is 10.3. The number of rotatable bonds is 6. The van der Waals surface area contributed by atoms with E-state index in [4.69, 9.17) is 11.6 Å². The Labute approximate surface area is 122 Å². The first-order chi connectivity index (χ1) is 9.66. The van der Waals surface area contributed by atoms with Crippen LogP contribution in [0.4, 0.5) is 15.9 Å². The van der Waals surface area contributed by atoms with E-state index in [2.05, 4.69) is 32.3 Å². The number of halogens is 2. The lowest BCUT2D eigenvalue weighted by molar-refractivity contribution is 0.616. The first-order valence-corrected chi connectivity index (χ1v) is 6.72. The van der Waals surface area contributed by atoms with Crippen LogP contribution in [-0.4, -0.2) is 30.1 Å². The van der Waals surface area contributed by atoms with Gasteiger partial charge in [-0.1, -0.05) is 18.2 Å². The average Bonchev–Trinajstić information content (AvgIpc) is 2.47. The van der Waals surface area contributed by atoms with E-state index in [-0.39, 0.29) is 11.1 Å². The van der Waals surface area contributed by atoms with Gasteiger partial charge in [-0.3, -0.25) is 0 Å². The Kier molecular flexibility index (Phi) is 5.12. The molecule has 0 saturated heterocycles. The number of hydrogen-bond donors (Lipinski definition) is 1. The van der Waals surface area contributed by atoms with Gasteiger partial charge in [0.1, 0.15) is 0 Å². The molecule has 0 aliphatic heterocycles. The van der Waals surface area contributed by atoms with Gasteiger partial charge < -0.3 is 10.2 Å². The fourth-order valence-electron chi connectivity index (χ4n) is 1.80. The van der Waals surface area contributed by atoms with Crippen molar-refractivity contribution in [3.05, 3.63) is 47.6 Å². The number of hydrogen-bond acceptors (Lipinski definition) is 4. The molecule has 0 radical (unpaired) electrons. The Morgan fingerprint density at radius 2 is 2.05 bits per heavy atom. The maximum Gasteiger partial charge on any atom is 0.224 e. The minimum atomic E-state index is -0.495. The van der Waals surface area contributed by atoms with Crippen molar-refractivity contribution in [3.8, 4) is 0 Å². The summed E-state index contributed by atoms with van der Waals surface area (Å²) in [6.45, 7) is 1.47. The highest BCUT2D eigenvalue weighted by Gasteiger charge is 2.05. The van der Waals surface area contributed by atoms with E-state index in [9.17, 15) is 4.39 Å². The second-order valence-corrected chi connectivity index (χ2v) is 4.71. The van der Waals surface area contributed by atoms with E-state index in [0.717, 1.165) is 24.8 Å². The van der Waals surface area contributed by atoms with Gasteiger partial charge in [-0.05, 0) is 30.2 Å². The minimum absolute atomic E-state index is 0.0373. The van der Waals surface area contributed by atoms with Gasteiger partial charge in [-0.2, -0.15) is 4.98 Å². The zero-order chi connectivity index (χ0) is 14.4. The molecule has 0 atom stereocenters. The van der Waals surface area contributed by atoms with E-state index < -0.39 is 5.82 Å². The topological polar surface area (TPSA) is 41.0 Å². The maximum atomic E-state index is 13.4. The van der Waals surface area contributed by atoms with Crippen LogP contribution < -0.4 is 10.2 Å². The van der Waals surface area contributed by atoms with Crippen molar-refractivity contribution >= 4 is 23.1 Å². The zero-order valence-corrected chi connectivity index (χ0v) is 11.9. The second kappa shape index (κ2) is 7.05. The van der Waals surface area contributed by atoms with Crippen LogP contribution in [0.15, 0.2) is 36.5 Å².